The van der Waals surface area contributed by atoms with Crippen LogP contribution in [0.3, 0.4) is 0 Å². The predicted molar refractivity (Wildman–Crippen MR) is 94.9 cm³/mol. The van der Waals surface area contributed by atoms with Crippen molar-refractivity contribution in [3.8, 4) is 0 Å². The van der Waals surface area contributed by atoms with Crippen LogP contribution < -0.4 is 10.0 Å². The Morgan fingerprint density at radius 2 is 1.76 bits per heavy atom. The molecule has 3 N–H and O–H groups in total. The van der Waals surface area contributed by atoms with Crippen LogP contribution in [0.25, 0.3) is 0 Å². The van der Waals surface area contributed by atoms with Crippen molar-refractivity contribution in [2.45, 2.75) is 63.4 Å². The van der Waals surface area contributed by atoms with E-state index in [9.17, 15) is 18.0 Å². The summed E-state index contributed by atoms with van der Waals surface area (Å²) in [6.07, 6.45) is 0.913. The smallest absolute Gasteiger partial charge is 0.303 e. The second-order valence-corrected chi connectivity index (χ2v) is 8.40. The lowest BCUT2D eigenvalue weighted by molar-refractivity contribution is -0.137. The minimum atomic E-state index is -3.61. The van der Waals surface area contributed by atoms with Gasteiger partial charge in [0.15, 0.2) is 0 Å². The first-order valence-electron chi connectivity index (χ1n) is 8.13. The molecule has 25 heavy (non-hydrogen) atoms. The fourth-order valence-corrected chi connectivity index (χ4v) is 3.39. The molecule has 0 aromatic heterocycles. The Hall–Kier alpha value is -1.93. The van der Waals surface area contributed by atoms with Gasteiger partial charge in [-0.2, -0.15) is 0 Å². The number of aliphatic carboxylic acids is 1. The molecule has 0 saturated carbocycles. The van der Waals surface area contributed by atoms with E-state index in [1.165, 1.54) is 24.3 Å². The quantitative estimate of drug-likeness (QED) is 0.616. The maximum atomic E-state index is 12.3. The van der Waals surface area contributed by atoms with Gasteiger partial charge in [0.2, 0.25) is 10.0 Å². The van der Waals surface area contributed by atoms with Gasteiger partial charge in [-0.1, -0.05) is 6.92 Å². The fraction of sp³-hybridized carbons (Fsp3) is 0.529. The van der Waals surface area contributed by atoms with Crippen molar-refractivity contribution >= 4 is 21.9 Å². The van der Waals surface area contributed by atoms with Crippen LogP contribution in [0.2, 0.25) is 0 Å². The molecule has 140 valence electrons. The molecule has 1 aromatic rings. The molecule has 0 heterocycles. The summed E-state index contributed by atoms with van der Waals surface area (Å²) in [4.78, 5) is 23.0. The van der Waals surface area contributed by atoms with Gasteiger partial charge in [0.05, 0.1) is 4.90 Å². The van der Waals surface area contributed by atoms with Crippen LogP contribution in [-0.4, -0.2) is 37.0 Å². The largest absolute Gasteiger partial charge is 0.481 e. The number of amides is 1. The van der Waals surface area contributed by atoms with Crippen LogP contribution in [0, 0.1) is 0 Å². The normalized spacial score (nSPS) is 13.3. The van der Waals surface area contributed by atoms with Gasteiger partial charge in [0.25, 0.3) is 5.91 Å². The molecule has 0 spiro atoms. The first-order chi connectivity index (χ1) is 11.5. The van der Waals surface area contributed by atoms with Gasteiger partial charge in [0, 0.05) is 23.6 Å². The van der Waals surface area contributed by atoms with Crippen LogP contribution in [-0.2, 0) is 14.8 Å². The first-order valence-corrected chi connectivity index (χ1v) is 9.62. The summed E-state index contributed by atoms with van der Waals surface area (Å²) >= 11 is 0. The Bertz CT molecular complexity index is 711. The number of carbonyl (C=O) groups is 2. The number of carbonyl (C=O) groups excluding carboxylic acids is 1. The predicted octanol–water partition coefficient (Wildman–Crippen LogP) is 2.14. The minimum absolute atomic E-state index is 0.0499. The average molecular weight is 370 g/mol. The summed E-state index contributed by atoms with van der Waals surface area (Å²) in [5.41, 5.74) is -0.371. The summed E-state index contributed by atoms with van der Waals surface area (Å²) in [5.74, 6) is -1.31. The highest BCUT2D eigenvalue weighted by Crippen LogP contribution is 2.15. The second-order valence-electron chi connectivity index (χ2n) is 6.69. The highest BCUT2D eigenvalue weighted by atomic mass is 32.2. The van der Waals surface area contributed by atoms with Crippen molar-refractivity contribution in [1.29, 1.82) is 0 Å². The fourth-order valence-electron chi connectivity index (χ4n) is 2.06. The molecule has 7 nitrogen and oxygen atoms in total. The zero-order chi connectivity index (χ0) is 19.3. The molecule has 0 aliphatic heterocycles. The van der Waals surface area contributed by atoms with E-state index >= 15 is 0 Å². The Kier molecular flexibility index (Phi) is 7.13. The van der Waals surface area contributed by atoms with E-state index < -0.39 is 21.5 Å². The van der Waals surface area contributed by atoms with Crippen molar-refractivity contribution < 1.29 is 23.1 Å². The second kappa shape index (κ2) is 8.44. The molecule has 1 aromatic carbocycles. The van der Waals surface area contributed by atoms with E-state index in [1.54, 1.807) is 20.8 Å². The maximum Gasteiger partial charge on any atom is 0.303 e. The Morgan fingerprint density at radius 1 is 1.20 bits per heavy atom. The number of nitrogens with one attached hydrogen (secondary N) is 2. The number of rotatable bonds is 9. The van der Waals surface area contributed by atoms with Crippen molar-refractivity contribution in [2.75, 3.05) is 0 Å². The molecule has 0 aliphatic carbocycles. The van der Waals surface area contributed by atoms with E-state index in [-0.39, 0.29) is 23.3 Å². The molecule has 0 bridgehead atoms. The molecular formula is C17H26N2O5S. The summed E-state index contributed by atoms with van der Waals surface area (Å²) < 4.78 is 26.9. The first kappa shape index (κ1) is 21.1. The molecule has 0 saturated heterocycles. The molecule has 1 amide bonds. The number of hydrogen-bond donors (Lipinski definition) is 3. The lowest BCUT2D eigenvalue weighted by atomic mass is 9.98. The van der Waals surface area contributed by atoms with Gasteiger partial charge < -0.3 is 10.4 Å². The third kappa shape index (κ3) is 6.83. The van der Waals surface area contributed by atoms with Crippen molar-refractivity contribution in [2.24, 2.45) is 0 Å². The number of hydrogen-bond acceptors (Lipinski definition) is 4. The average Bonchev–Trinajstić information content (AvgIpc) is 2.52. The van der Waals surface area contributed by atoms with Crippen LogP contribution in [0.5, 0.6) is 0 Å². The van der Waals surface area contributed by atoms with Gasteiger partial charge in [-0.25, -0.2) is 13.1 Å². The summed E-state index contributed by atoms with van der Waals surface area (Å²) in [5, 5.41) is 11.5. The topological polar surface area (TPSA) is 113 Å². The highest BCUT2D eigenvalue weighted by molar-refractivity contribution is 7.89. The Balaban J connectivity index is 2.82. The highest BCUT2D eigenvalue weighted by Gasteiger charge is 2.23. The molecule has 0 fully saturated rings. The molecule has 0 aliphatic rings. The van der Waals surface area contributed by atoms with Crippen LogP contribution in [0.1, 0.15) is 57.3 Å². The Morgan fingerprint density at radius 3 is 2.24 bits per heavy atom. The van der Waals surface area contributed by atoms with E-state index in [2.05, 4.69) is 10.0 Å². The molecular weight excluding hydrogens is 344 g/mol. The molecule has 1 unspecified atom stereocenters. The van der Waals surface area contributed by atoms with Crippen LogP contribution in [0.15, 0.2) is 29.2 Å². The van der Waals surface area contributed by atoms with E-state index in [0.29, 0.717) is 18.4 Å². The molecule has 1 atom stereocenters. The molecule has 1 rings (SSSR count). The summed E-state index contributed by atoms with van der Waals surface area (Å²) in [6.45, 7) is 7.14. The number of benzene rings is 1. The Labute approximate surface area is 148 Å². The number of carboxylic acids is 1. The van der Waals surface area contributed by atoms with Gasteiger partial charge in [-0.05, 0) is 57.9 Å². The minimum Gasteiger partial charge on any atom is -0.481 e. The zero-order valence-electron chi connectivity index (χ0n) is 15.0. The monoisotopic (exact) mass is 370 g/mol. The summed E-state index contributed by atoms with van der Waals surface area (Å²) in [6, 6.07) is 5.46. The van der Waals surface area contributed by atoms with Gasteiger partial charge in [-0.3, -0.25) is 9.59 Å². The third-order valence-corrected chi connectivity index (χ3v) is 5.42. The zero-order valence-corrected chi connectivity index (χ0v) is 15.8. The van der Waals surface area contributed by atoms with Crippen molar-refractivity contribution in [3.05, 3.63) is 29.8 Å². The van der Waals surface area contributed by atoms with Gasteiger partial charge in [-0.15, -0.1) is 0 Å². The van der Waals surface area contributed by atoms with Crippen LogP contribution in [0.4, 0.5) is 0 Å². The molecule has 8 heteroatoms. The van der Waals surface area contributed by atoms with Gasteiger partial charge in [0.1, 0.15) is 0 Å². The standard InChI is InChI=1S/C17H26N2O5S/c1-5-12(2)19-25(23,24)14-8-6-13(7-9-14)16(22)18-17(3,4)11-10-15(20)21/h6-9,12,19H,5,10-11H2,1-4H3,(H,18,22)(H,20,21). The van der Waals surface area contributed by atoms with Crippen molar-refractivity contribution in [1.82, 2.24) is 10.0 Å². The van der Waals surface area contributed by atoms with E-state index in [0.717, 1.165) is 0 Å². The third-order valence-electron chi connectivity index (χ3n) is 3.81. The van der Waals surface area contributed by atoms with E-state index in [1.807, 2.05) is 6.92 Å². The summed E-state index contributed by atoms with van der Waals surface area (Å²) in [7, 11) is -3.61. The van der Waals surface area contributed by atoms with Crippen molar-refractivity contribution in [3.63, 3.8) is 0 Å². The SMILES string of the molecule is CCC(C)NS(=O)(=O)c1ccc(C(=O)NC(C)(C)CCC(=O)O)cc1. The van der Waals surface area contributed by atoms with E-state index in [4.69, 9.17) is 5.11 Å². The lowest BCUT2D eigenvalue weighted by Crippen LogP contribution is -2.43. The van der Waals surface area contributed by atoms with Gasteiger partial charge >= 0.3 is 5.97 Å². The number of carboxylic acid groups (broad SMARTS) is 1. The number of sulfonamides is 1. The van der Waals surface area contributed by atoms with Crippen LogP contribution >= 0.6 is 0 Å². The maximum absolute atomic E-state index is 12.3. The lowest BCUT2D eigenvalue weighted by Gasteiger charge is -2.25. The molecule has 0 radical (unpaired) electrons.